The summed E-state index contributed by atoms with van der Waals surface area (Å²) in [6, 6.07) is 16.1. The summed E-state index contributed by atoms with van der Waals surface area (Å²) in [6.07, 6.45) is 3.37. The van der Waals surface area contributed by atoms with Gasteiger partial charge in [0.05, 0.1) is 6.26 Å². The Kier molecular flexibility index (Phi) is 2.30. The number of hydrogen-bond donors (Lipinski definition) is 0. The Hall–Kier alpha value is -2.28. The van der Waals surface area contributed by atoms with Gasteiger partial charge < -0.3 is 4.42 Å². The smallest absolute Gasteiger partial charge is 0.141 e. The molecule has 0 spiro atoms. The molecule has 3 rings (SSSR count). The van der Waals surface area contributed by atoms with Gasteiger partial charge in [0, 0.05) is 16.3 Å². The molecular weight excluding hydrogens is 208 g/mol. The first-order valence-corrected chi connectivity index (χ1v) is 5.50. The molecule has 3 aromatic rings. The number of rotatable bonds is 2. The van der Waals surface area contributed by atoms with Gasteiger partial charge in [0.15, 0.2) is 0 Å². The maximum atomic E-state index is 5.65. The molecule has 1 heterocycles. The van der Waals surface area contributed by atoms with Crippen molar-refractivity contribution in [2.24, 2.45) is 0 Å². The van der Waals surface area contributed by atoms with Crippen LogP contribution < -0.4 is 0 Å². The minimum atomic E-state index is 0.893. The van der Waals surface area contributed by atoms with Crippen molar-refractivity contribution >= 4 is 16.8 Å². The standard InChI is InChI=1S/C16H11O/c1-2-12-6-5-8-13(10-12)16-15-9-4-3-7-14(15)11-17-16/h1-11H. The number of hydrogen-bond acceptors (Lipinski definition) is 1. The summed E-state index contributed by atoms with van der Waals surface area (Å²) in [5.41, 5.74) is 2.04. The Morgan fingerprint density at radius 1 is 1.00 bits per heavy atom. The van der Waals surface area contributed by atoms with Crippen LogP contribution in [0.1, 0.15) is 5.56 Å². The van der Waals surface area contributed by atoms with Crippen LogP contribution in [0.25, 0.3) is 28.2 Å². The fourth-order valence-corrected chi connectivity index (χ4v) is 2.00. The molecule has 1 radical (unpaired) electrons. The Bertz CT molecular complexity index is 677. The maximum Gasteiger partial charge on any atom is 0.141 e. The van der Waals surface area contributed by atoms with Crippen molar-refractivity contribution in [1.29, 1.82) is 0 Å². The van der Waals surface area contributed by atoms with E-state index in [2.05, 4.69) is 6.07 Å². The van der Waals surface area contributed by atoms with E-state index in [9.17, 15) is 0 Å². The van der Waals surface area contributed by atoms with Gasteiger partial charge in [-0.2, -0.15) is 0 Å². The Morgan fingerprint density at radius 3 is 2.76 bits per heavy atom. The molecular formula is C16H11O. The quantitative estimate of drug-likeness (QED) is 0.616. The number of benzene rings is 2. The molecule has 0 aliphatic rings. The van der Waals surface area contributed by atoms with E-state index in [1.165, 1.54) is 0 Å². The fraction of sp³-hybridized carbons (Fsp3) is 0. The van der Waals surface area contributed by atoms with Crippen LogP contribution in [0.5, 0.6) is 0 Å². The topological polar surface area (TPSA) is 13.1 Å². The molecule has 81 valence electrons. The average Bonchev–Trinajstić information content (AvgIpc) is 2.82. The molecule has 1 aromatic heterocycles. The second kappa shape index (κ2) is 3.95. The number of furan rings is 1. The van der Waals surface area contributed by atoms with Gasteiger partial charge in [-0.05, 0) is 11.6 Å². The zero-order chi connectivity index (χ0) is 11.7. The van der Waals surface area contributed by atoms with E-state index in [1.54, 1.807) is 12.3 Å². The summed E-state index contributed by atoms with van der Waals surface area (Å²) in [5.74, 6) is 0.893. The molecule has 0 bridgehead atoms. The van der Waals surface area contributed by atoms with Crippen LogP contribution in [-0.4, -0.2) is 0 Å². The zero-order valence-corrected chi connectivity index (χ0v) is 9.26. The predicted molar refractivity (Wildman–Crippen MR) is 70.4 cm³/mol. The highest BCUT2D eigenvalue weighted by Crippen LogP contribution is 2.30. The third kappa shape index (κ3) is 1.66. The lowest BCUT2D eigenvalue weighted by atomic mass is 10.1. The lowest BCUT2D eigenvalue weighted by molar-refractivity contribution is 0.587. The largest absolute Gasteiger partial charge is 0.463 e. The van der Waals surface area contributed by atoms with Crippen molar-refractivity contribution in [2.75, 3.05) is 0 Å². The van der Waals surface area contributed by atoms with Crippen LogP contribution >= 0.6 is 0 Å². The van der Waals surface area contributed by atoms with E-state index in [0.717, 1.165) is 27.7 Å². The normalized spacial score (nSPS) is 10.6. The lowest BCUT2D eigenvalue weighted by Gasteiger charge is -1.99. The monoisotopic (exact) mass is 219 g/mol. The molecule has 0 aliphatic carbocycles. The van der Waals surface area contributed by atoms with E-state index in [-0.39, 0.29) is 0 Å². The average molecular weight is 219 g/mol. The predicted octanol–water partition coefficient (Wildman–Crippen LogP) is 4.55. The second-order valence-corrected chi connectivity index (χ2v) is 3.94. The van der Waals surface area contributed by atoms with Gasteiger partial charge >= 0.3 is 0 Å². The minimum absolute atomic E-state index is 0.893. The molecule has 0 saturated carbocycles. The lowest BCUT2D eigenvalue weighted by Crippen LogP contribution is -1.77. The van der Waals surface area contributed by atoms with Crippen molar-refractivity contribution in [1.82, 2.24) is 0 Å². The van der Waals surface area contributed by atoms with E-state index in [0.29, 0.717) is 0 Å². The Labute approximate surface area is 100 Å². The second-order valence-electron chi connectivity index (χ2n) is 3.94. The van der Waals surface area contributed by atoms with Crippen LogP contribution in [0.2, 0.25) is 0 Å². The summed E-state index contributed by atoms with van der Waals surface area (Å²) in [7, 11) is 0. The highest BCUT2D eigenvalue weighted by molar-refractivity contribution is 5.94. The fourth-order valence-electron chi connectivity index (χ4n) is 2.00. The van der Waals surface area contributed by atoms with E-state index < -0.39 is 0 Å². The van der Waals surface area contributed by atoms with Gasteiger partial charge in [-0.15, -0.1) is 0 Å². The van der Waals surface area contributed by atoms with E-state index >= 15 is 0 Å². The molecule has 2 aromatic carbocycles. The van der Waals surface area contributed by atoms with Crippen LogP contribution in [0, 0.1) is 6.58 Å². The third-order valence-corrected chi connectivity index (χ3v) is 2.85. The maximum absolute atomic E-state index is 5.65. The summed E-state index contributed by atoms with van der Waals surface area (Å²) in [4.78, 5) is 0. The zero-order valence-electron chi connectivity index (χ0n) is 9.26. The molecule has 0 atom stereocenters. The van der Waals surface area contributed by atoms with Gasteiger partial charge in [0.1, 0.15) is 5.76 Å². The summed E-state index contributed by atoms with van der Waals surface area (Å²) in [5, 5.41) is 2.24. The molecule has 0 unspecified atom stereocenters. The molecule has 1 nitrogen and oxygen atoms in total. The van der Waals surface area contributed by atoms with Crippen molar-refractivity contribution < 1.29 is 4.42 Å². The summed E-state index contributed by atoms with van der Waals surface area (Å²) in [6.45, 7) is 5.53. The highest BCUT2D eigenvalue weighted by Gasteiger charge is 2.07. The molecule has 1 heteroatoms. The van der Waals surface area contributed by atoms with Crippen LogP contribution in [0.15, 0.2) is 59.2 Å². The van der Waals surface area contributed by atoms with Gasteiger partial charge in [0.2, 0.25) is 0 Å². The van der Waals surface area contributed by atoms with Gasteiger partial charge in [-0.3, -0.25) is 0 Å². The van der Waals surface area contributed by atoms with E-state index in [4.69, 9.17) is 11.0 Å². The van der Waals surface area contributed by atoms with Gasteiger partial charge in [-0.1, -0.05) is 55.1 Å². The SMILES string of the molecule is [CH]=Cc1cccc(-c2occ3ccccc23)c1. The van der Waals surface area contributed by atoms with E-state index in [1.807, 2.05) is 42.5 Å². The summed E-state index contributed by atoms with van der Waals surface area (Å²) < 4.78 is 5.65. The first-order valence-electron chi connectivity index (χ1n) is 5.50. The Balaban J connectivity index is 2.23. The molecule has 0 saturated heterocycles. The van der Waals surface area contributed by atoms with Crippen LogP contribution in [0.3, 0.4) is 0 Å². The summed E-state index contributed by atoms with van der Waals surface area (Å²) >= 11 is 0. The van der Waals surface area contributed by atoms with Crippen molar-refractivity contribution in [3.8, 4) is 11.3 Å². The first-order chi connectivity index (χ1) is 8.38. The van der Waals surface area contributed by atoms with Crippen LogP contribution in [0.4, 0.5) is 0 Å². The van der Waals surface area contributed by atoms with Crippen molar-refractivity contribution in [3.63, 3.8) is 0 Å². The van der Waals surface area contributed by atoms with Crippen molar-refractivity contribution in [2.45, 2.75) is 0 Å². The highest BCUT2D eigenvalue weighted by atomic mass is 16.3. The molecule has 0 fully saturated rings. The minimum Gasteiger partial charge on any atom is -0.463 e. The van der Waals surface area contributed by atoms with Gasteiger partial charge in [-0.25, -0.2) is 0 Å². The third-order valence-electron chi connectivity index (χ3n) is 2.85. The van der Waals surface area contributed by atoms with Crippen molar-refractivity contribution in [3.05, 3.63) is 66.9 Å². The Morgan fingerprint density at radius 2 is 1.88 bits per heavy atom. The molecule has 0 aliphatic heterocycles. The molecule has 0 amide bonds. The molecule has 0 N–H and O–H groups in total. The van der Waals surface area contributed by atoms with Gasteiger partial charge in [0.25, 0.3) is 0 Å². The number of fused-ring (bicyclic) bond motifs is 1. The molecule has 17 heavy (non-hydrogen) atoms. The van der Waals surface area contributed by atoms with Crippen LogP contribution in [-0.2, 0) is 0 Å². The first kappa shape index (κ1) is 9.91.